The Morgan fingerprint density at radius 2 is 1.25 bits per heavy atom. The molecule has 2 bridgehead atoms. The summed E-state index contributed by atoms with van der Waals surface area (Å²) in [4.78, 5) is 29.3. The molecule has 4 aliphatic rings. The first-order valence-electron chi connectivity index (χ1n) is 11.8. The molecule has 4 aromatic rings. The summed E-state index contributed by atoms with van der Waals surface area (Å²) in [6.07, 6.45) is 0. The minimum Gasteiger partial charge on any atom is -0.457 e. The SMILES string of the molecule is O=C1[C@@H]2[C@@H](C(=O)N1c1ccc(Oc3ccc(Cl)cc3)cc1)C1c3ccccc3C2(Br)c2ccccc21. The van der Waals surface area contributed by atoms with Crippen LogP contribution in [0.5, 0.6) is 11.5 Å². The number of benzene rings is 4. The Morgan fingerprint density at radius 3 is 1.83 bits per heavy atom. The van der Waals surface area contributed by atoms with Crippen molar-refractivity contribution in [3.8, 4) is 11.5 Å². The average molecular weight is 557 g/mol. The molecule has 0 saturated carbocycles. The Labute approximate surface area is 221 Å². The molecule has 8 rings (SSSR count). The van der Waals surface area contributed by atoms with E-state index in [4.69, 9.17) is 16.3 Å². The molecule has 1 saturated heterocycles. The van der Waals surface area contributed by atoms with E-state index in [1.54, 1.807) is 48.5 Å². The summed E-state index contributed by atoms with van der Waals surface area (Å²) in [5.74, 6) is -0.224. The predicted molar refractivity (Wildman–Crippen MR) is 142 cm³/mol. The van der Waals surface area contributed by atoms with Crippen LogP contribution in [0, 0.1) is 11.8 Å². The van der Waals surface area contributed by atoms with Gasteiger partial charge in [0, 0.05) is 10.9 Å². The van der Waals surface area contributed by atoms with Crippen molar-refractivity contribution < 1.29 is 14.3 Å². The molecular weight excluding hydrogens is 538 g/mol. The van der Waals surface area contributed by atoms with Crippen molar-refractivity contribution in [3.05, 3.63) is 124 Å². The number of anilines is 1. The smallest absolute Gasteiger partial charge is 0.239 e. The summed E-state index contributed by atoms with van der Waals surface area (Å²) in [5.41, 5.74) is 4.92. The van der Waals surface area contributed by atoms with Crippen LogP contribution in [0.1, 0.15) is 28.2 Å². The van der Waals surface area contributed by atoms with Crippen LogP contribution in [0.4, 0.5) is 5.69 Å². The second-order valence-corrected chi connectivity index (χ2v) is 11.1. The van der Waals surface area contributed by atoms with E-state index in [2.05, 4.69) is 40.2 Å². The van der Waals surface area contributed by atoms with Crippen molar-refractivity contribution in [2.24, 2.45) is 11.8 Å². The maximum atomic E-state index is 14.0. The molecule has 1 fully saturated rings. The van der Waals surface area contributed by atoms with E-state index in [0.717, 1.165) is 22.3 Å². The number of ether oxygens (including phenoxy) is 1. The Kier molecular flexibility index (Phi) is 4.73. The van der Waals surface area contributed by atoms with Crippen LogP contribution < -0.4 is 9.64 Å². The number of hydrogen-bond acceptors (Lipinski definition) is 3. The molecule has 3 aliphatic carbocycles. The van der Waals surface area contributed by atoms with Gasteiger partial charge in [0.15, 0.2) is 0 Å². The number of nitrogens with zero attached hydrogens (tertiary/aromatic N) is 1. The van der Waals surface area contributed by atoms with Gasteiger partial charge >= 0.3 is 0 Å². The lowest BCUT2D eigenvalue weighted by molar-refractivity contribution is -0.122. The van der Waals surface area contributed by atoms with Gasteiger partial charge in [0.2, 0.25) is 11.8 Å². The highest BCUT2D eigenvalue weighted by molar-refractivity contribution is 9.09. The summed E-state index contributed by atoms with van der Waals surface area (Å²) >= 11 is 9.98. The molecule has 0 radical (unpaired) electrons. The fraction of sp³-hybridized carbons (Fsp3) is 0.133. The van der Waals surface area contributed by atoms with E-state index in [0.29, 0.717) is 22.2 Å². The number of alkyl halides is 1. The normalized spacial score (nSPS) is 25.4. The highest BCUT2D eigenvalue weighted by atomic mass is 79.9. The van der Waals surface area contributed by atoms with Gasteiger partial charge in [0.25, 0.3) is 0 Å². The standard InChI is InChI=1S/C30H19BrClNO3/c31-30-23-7-3-1-5-21(23)25(22-6-2-4-8-24(22)30)26-27(30)29(35)33(28(26)34)18-11-15-20(16-12-18)36-19-13-9-17(32)10-14-19/h1-16,25-27H/t25?,26-,27-,30?/m0/s1. The highest BCUT2D eigenvalue weighted by Gasteiger charge is 2.67. The molecule has 0 N–H and O–H groups in total. The molecule has 0 unspecified atom stereocenters. The fourth-order valence-electron chi connectivity index (χ4n) is 6.24. The zero-order chi connectivity index (χ0) is 24.6. The van der Waals surface area contributed by atoms with Crippen LogP contribution in [0.15, 0.2) is 97.1 Å². The Balaban J connectivity index is 1.28. The molecule has 36 heavy (non-hydrogen) atoms. The molecule has 0 aromatic heterocycles. The average Bonchev–Trinajstić information content (AvgIpc) is 3.17. The Morgan fingerprint density at radius 1 is 0.722 bits per heavy atom. The molecule has 4 aromatic carbocycles. The largest absolute Gasteiger partial charge is 0.457 e. The van der Waals surface area contributed by atoms with Gasteiger partial charge in [-0.3, -0.25) is 9.59 Å². The predicted octanol–water partition coefficient (Wildman–Crippen LogP) is 7.04. The molecule has 176 valence electrons. The second-order valence-electron chi connectivity index (χ2n) is 9.43. The molecule has 4 nitrogen and oxygen atoms in total. The molecule has 0 spiro atoms. The fourth-order valence-corrected chi connectivity index (χ4v) is 7.56. The number of carbonyl (C=O) groups excluding carboxylic acids is 2. The van der Waals surface area contributed by atoms with Crippen molar-refractivity contribution in [1.82, 2.24) is 0 Å². The van der Waals surface area contributed by atoms with Crippen LogP contribution in [-0.2, 0) is 13.9 Å². The quantitative estimate of drug-likeness (QED) is 0.201. The van der Waals surface area contributed by atoms with Crippen LogP contribution in [-0.4, -0.2) is 11.8 Å². The van der Waals surface area contributed by atoms with Crippen LogP contribution >= 0.6 is 27.5 Å². The maximum Gasteiger partial charge on any atom is 0.239 e. The van der Waals surface area contributed by atoms with E-state index in [-0.39, 0.29) is 17.7 Å². The third-order valence-electron chi connectivity index (χ3n) is 7.66. The number of carbonyl (C=O) groups is 2. The van der Waals surface area contributed by atoms with E-state index >= 15 is 0 Å². The number of halogens is 2. The monoisotopic (exact) mass is 555 g/mol. The molecule has 6 heteroatoms. The van der Waals surface area contributed by atoms with Gasteiger partial charge in [-0.25, -0.2) is 4.90 Å². The van der Waals surface area contributed by atoms with Gasteiger partial charge in [0.1, 0.15) is 11.5 Å². The van der Waals surface area contributed by atoms with E-state index in [1.165, 1.54) is 4.90 Å². The first kappa shape index (κ1) is 21.8. The Hall–Kier alpha value is -3.41. The summed E-state index contributed by atoms with van der Waals surface area (Å²) in [7, 11) is 0. The zero-order valence-corrected chi connectivity index (χ0v) is 21.2. The number of hydrogen-bond donors (Lipinski definition) is 0. The molecule has 2 amide bonds. The van der Waals surface area contributed by atoms with Gasteiger partial charge in [-0.1, -0.05) is 76.1 Å². The van der Waals surface area contributed by atoms with E-state index in [1.807, 2.05) is 24.3 Å². The van der Waals surface area contributed by atoms with Crippen molar-refractivity contribution in [3.63, 3.8) is 0 Å². The summed E-state index contributed by atoms with van der Waals surface area (Å²) in [6, 6.07) is 30.5. The lowest BCUT2D eigenvalue weighted by Gasteiger charge is -2.51. The highest BCUT2D eigenvalue weighted by Crippen LogP contribution is 2.66. The minimum absolute atomic E-state index is 0.157. The number of imide groups is 1. The first-order valence-corrected chi connectivity index (χ1v) is 12.9. The van der Waals surface area contributed by atoms with Crippen molar-refractivity contribution >= 4 is 45.0 Å². The van der Waals surface area contributed by atoms with Gasteiger partial charge in [-0.15, -0.1) is 0 Å². The van der Waals surface area contributed by atoms with Crippen molar-refractivity contribution in [1.29, 1.82) is 0 Å². The van der Waals surface area contributed by atoms with Crippen LogP contribution in [0.2, 0.25) is 5.02 Å². The number of rotatable bonds is 3. The van der Waals surface area contributed by atoms with Gasteiger partial charge in [-0.2, -0.15) is 0 Å². The maximum absolute atomic E-state index is 14.0. The van der Waals surface area contributed by atoms with Crippen molar-refractivity contribution in [2.45, 2.75) is 10.2 Å². The van der Waals surface area contributed by atoms with E-state index in [9.17, 15) is 9.59 Å². The van der Waals surface area contributed by atoms with Gasteiger partial charge in [0.05, 0.1) is 21.8 Å². The third-order valence-corrected chi connectivity index (χ3v) is 9.26. The van der Waals surface area contributed by atoms with E-state index < -0.39 is 16.2 Å². The topological polar surface area (TPSA) is 46.6 Å². The lowest BCUT2D eigenvalue weighted by Crippen LogP contribution is -2.50. The Bertz CT molecular complexity index is 1500. The lowest BCUT2D eigenvalue weighted by atomic mass is 9.55. The van der Waals surface area contributed by atoms with Crippen LogP contribution in [0.3, 0.4) is 0 Å². The molecule has 1 heterocycles. The summed E-state index contributed by atoms with van der Waals surface area (Å²) in [5, 5.41) is 0.632. The van der Waals surface area contributed by atoms with Gasteiger partial charge in [-0.05, 0) is 70.8 Å². The summed E-state index contributed by atoms with van der Waals surface area (Å²) in [6.45, 7) is 0. The van der Waals surface area contributed by atoms with Gasteiger partial charge < -0.3 is 4.74 Å². The third kappa shape index (κ3) is 2.87. The number of amides is 2. The van der Waals surface area contributed by atoms with Crippen molar-refractivity contribution in [2.75, 3.05) is 4.90 Å². The zero-order valence-electron chi connectivity index (χ0n) is 18.9. The molecule has 1 aliphatic heterocycles. The first-order chi connectivity index (χ1) is 17.5. The summed E-state index contributed by atoms with van der Waals surface area (Å²) < 4.78 is 5.14. The molecular formula is C30H19BrClNO3. The second kappa shape index (κ2) is 7.79. The molecule has 2 atom stereocenters. The van der Waals surface area contributed by atoms with Crippen LogP contribution in [0.25, 0.3) is 0 Å². The minimum atomic E-state index is -0.751.